The van der Waals surface area contributed by atoms with E-state index in [-0.39, 0.29) is 17.7 Å². The van der Waals surface area contributed by atoms with Crippen molar-refractivity contribution in [2.24, 2.45) is 0 Å². The highest BCUT2D eigenvalue weighted by molar-refractivity contribution is 5.62. The van der Waals surface area contributed by atoms with Crippen molar-refractivity contribution in [1.29, 1.82) is 0 Å². The van der Waals surface area contributed by atoms with E-state index in [4.69, 9.17) is 10.5 Å². The van der Waals surface area contributed by atoms with Gasteiger partial charge in [-0.3, -0.25) is 0 Å². The summed E-state index contributed by atoms with van der Waals surface area (Å²) in [5.41, 5.74) is 6.25. The maximum atomic E-state index is 13.6. The van der Waals surface area contributed by atoms with Gasteiger partial charge in [0.1, 0.15) is 11.4 Å². The second-order valence-corrected chi connectivity index (χ2v) is 4.12. The third kappa shape index (κ3) is 2.74. The lowest BCUT2D eigenvalue weighted by atomic mass is 10.1. The van der Waals surface area contributed by atoms with Gasteiger partial charge in [-0.25, -0.2) is 14.4 Å². The van der Waals surface area contributed by atoms with E-state index in [9.17, 15) is 4.39 Å². The number of hydrogen-bond donors (Lipinski definition) is 1. The molecule has 5 heteroatoms. The fourth-order valence-electron chi connectivity index (χ4n) is 1.57. The Morgan fingerprint density at radius 1 is 1.33 bits per heavy atom. The molecule has 0 aliphatic carbocycles. The monoisotopic (exact) mass is 247 g/mol. The lowest BCUT2D eigenvalue weighted by molar-refractivity contribution is 0.242. The van der Waals surface area contributed by atoms with Crippen LogP contribution in [0.3, 0.4) is 0 Å². The van der Waals surface area contributed by atoms with Crippen LogP contribution in [-0.4, -0.2) is 16.1 Å². The van der Waals surface area contributed by atoms with Gasteiger partial charge in [-0.05, 0) is 26.0 Å². The lowest BCUT2D eigenvalue weighted by Gasteiger charge is -2.11. The summed E-state index contributed by atoms with van der Waals surface area (Å²) in [5, 5.41) is 0. The quantitative estimate of drug-likeness (QED) is 0.905. The molecule has 0 radical (unpaired) electrons. The SMILES string of the molecule is CC(C)Oc1cccc(-c2nc(N)ncc2F)c1. The molecule has 0 aliphatic rings. The van der Waals surface area contributed by atoms with Crippen LogP contribution in [0.2, 0.25) is 0 Å². The van der Waals surface area contributed by atoms with Crippen LogP contribution in [0.15, 0.2) is 30.5 Å². The Labute approximate surface area is 105 Å². The van der Waals surface area contributed by atoms with Crippen LogP contribution in [0.25, 0.3) is 11.3 Å². The van der Waals surface area contributed by atoms with Crippen molar-refractivity contribution in [3.8, 4) is 17.0 Å². The molecule has 0 fully saturated rings. The second-order valence-electron chi connectivity index (χ2n) is 4.12. The summed E-state index contributed by atoms with van der Waals surface area (Å²) in [5.74, 6) is 0.201. The molecule has 1 heterocycles. The summed E-state index contributed by atoms with van der Waals surface area (Å²) >= 11 is 0. The van der Waals surface area contributed by atoms with Gasteiger partial charge >= 0.3 is 0 Å². The van der Waals surface area contributed by atoms with Crippen molar-refractivity contribution < 1.29 is 9.13 Å². The van der Waals surface area contributed by atoms with Gasteiger partial charge in [-0.1, -0.05) is 12.1 Å². The van der Waals surface area contributed by atoms with Crippen LogP contribution in [0, 0.1) is 5.82 Å². The molecular formula is C13H14FN3O. The Morgan fingerprint density at radius 3 is 2.83 bits per heavy atom. The predicted octanol–water partition coefficient (Wildman–Crippen LogP) is 2.65. The Balaban J connectivity index is 2.41. The molecule has 94 valence electrons. The number of nitrogen functional groups attached to an aromatic ring is 1. The maximum absolute atomic E-state index is 13.6. The summed E-state index contributed by atoms with van der Waals surface area (Å²) < 4.78 is 19.2. The van der Waals surface area contributed by atoms with Crippen molar-refractivity contribution >= 4 is 5.95 Å². The first kappa shape index (κ1) is 12.3. The lowest BCUT2D eigenvalue weighted by Crippen LogP contribution is -2.05. The molecule has 0 aliphatic heterocycles. The number of rotatable bonds is 3. The smallest absolute Gasteiger partial charge is 0.220 e. The molecule has 2 rings (SSSR count). The van der Waals surface area contributed by atoms with Crippen molar-refractivity contribution in [2.45, 2.75) is 20.0 Å². The van der Waals surface area contributed by atoms with Crippen molar-refractivity contribution in [2.75, 3.05) is 5.73 Å². The number of nitrogens with zero attached hydrogens (tertiary/aromatic N) is 2. The van der Waals surface area contributed by atoms with E-state index < -0.39 is 5.82 Å². The summed E-state index contributed by atoms with van der Waals surface area (Å²) in [4.78, 5) is 7.50. The molecular weight excluding hydrogens is 233 g/mol. The minimum Gasteiger partial charge on any atom is -0.491 e. The van der Waals surface area contributed by atoms with Gasteiger partial charge in [0.15, 0.2) is 5.82 Å². The average Bonchev–Trinajstić information content (AvgIpc) is 2.32. The van der Waals surface area contributed by atoms with E-state index in [1.807, 2.05) is 19.9 Å². The highest BCUT2D eigenvalue weighted by Crippen LogP contribution is 2.25. The minimum atomic E-state index is -0.508. The topological polar surface area (TPSA) is 61.0 Å². The second kappa shape index (κ2) is 5.00. The van der Waals surface area contributed by atoms with E-state index >= 15 is 0 Å². The molecule has 0 saturated carbocycles. The van der Waals surface area contributed by atoms with Crippen LogP contribution in [0.1, 0.15) is 13.8 Å². The summed E-state index contributed by atoms with van der Waals surface area (Å²) in [6, 6.07) is 7.07. The van der Waals surface area contributed by atoms with Gasteiger partial charge in [0.2, 0.25) is 5.95 Å². The van der Waals surface area contributed by atoms with Gasteiger partial charge in [0.25, 0.3) is 0 Å². The largest absolute Gasteiger partial charge is 0.491 e. The van der Waals surface area contributed by atoms with Crippen LogP contribution in [-0.2, 0) is 0 Å². The zero-order chi connectivity index (χ0) is 13.1. The number of nitrogens with two attached hydrogens (primary N) is 1. The third-order valence-electron chi connectivity index (χ3n) is 2.24. The zero-order valence-corrected chi connectivity index (χ0v) is 10.2. The van der Waals surface area contributed by atoms with E-state index in [1.165, 1.54) is 0 Å². The van der Waals surface area contributed by atoms with Gasteiger partial charge < -0.3 is 10.5 Å². The molecule has 2 N–H and O–H groups in total. The molecule has 0 spiro atoms. The standard InChI is InChI=1S/C13H14FN3O/c1-8(2)18-10-5-3-4-9(6-10)12-11(14)7-16-13(15)17-12/h3-8H,1-2H3,(H2,15,16,17). The number of anilines is 1. The first-order chi connectivity index (χ1) is 8.56. The molecule has 0 unspecified atom stereocenters. The van der Waals surface area contributed by atoms with Gasteiger partial charge in [-0.15, -0.1) is 0 Å². The normalized spacial score (nSPS) is 10.7. The van der Waals surface area contributed by atoms with Crippen LogP contribution in [0.5, 0.6) is 5.75 Å². The Kier molecular flexibility index (Phi) is 3.41. The zero-order valence-electron chi connectivity index (χ0n) is 10.2. The fraction of sp³-hybridized carbons (Fsp3) is 0.231. The van der Waals surface area contributed by atoms with Gasteiger partial charge in [0, 0.05) is 5.56 Å². The van der Waals surface area contributed by atoms with Gasteiger partial charge in [0.05, 0.1) is 12.3 Å². The van der Waals surface area contributed by atoms with Gasteiger partial charge in [-0.2, -0.15) is 0 Å². The molecule has 18 heavy (non-hydrogen) atoms. The summed E-state index contributed by atoms with van der Waals surface area (Å²) in [6.07, 6.45) is 1.12. The molecule has 1 aromatic carbocycles. The summed E-state index contributed by atoms with van der Waals surface area (Å²) in [6.45, 7) is 3.85. The number of halogens is 1. The van der Waals surface area contributed by atoms with Crippen molar-refractivity contribution in [3.05, 3.63) is 36.3 Å². The van der Waals surface area contributed by atoms with Crippen LogP contribution < -0.4 is 10.5 Å². The van der Waals surface area contributed by atoms with E-state index in [0.717, 1.165) is 6.20 Å². The van der Waals surface area contributed by atoms with Crippen LogP contribution >= 0.6 is 0 Å². The Morgan fingerprint density at radius 2 is 2.11 bits per heavy atom. The first-order valence-corrected chi connectivity index (χ1v) is 5.61. The molecule has 0 saturated heterocycles. The third-order valence-corrected chi connectivity index (χ3v) is 2.24. The fourth-order valence-corrected chi connectivity index (χ4v) is 1.57. The average molecular weight is 247 g/mol. The molecule has 1 aromatic heterocycles. The highest BCUT2D eigenvalue weighted by Gasteiger charge is 2.09. The molecule has 0 atom stereocenters. The van der Waals surface area contributed by atoms with Crippen molar-refractivity contribution in [1.82, 2.24) is 9.97 Å². The summed E-state index contributed by atoms with van der Waals surface area (Å²) in [7, 11) is 0. The minimum absolute atomic E-state index is 0.0431. The number of aromatic nitrogens is 2. The maximum Gasteiger partial charge on any atom is 0.220 e. The predicted molar refractivity (Wildman–Crippen MR) is 67.6 cm³/mol. The highest BCUT2D eigenvalue weighted by atomic mass is 19.1. The number of ether oxygens (including phenoxy) is 1. The van der Waals surface area contributed by atoms with E-state index in [2.05, 4.69) is 9.97 Å². The van der Waals surface area contributed by atoms with Crippen LogP contribution in [0.4, 0.5) is 10.3 Å². The number of benzene rings is 1. The molecule has 0 bridgehead atoms. The Hall–Kier alpha value is -2.17. The first-order valence-electron chi connectivity index (χ1n) is 5.61. The van der Waals surface area contributed by atoms with E-state index in [1.54, 1.807) is 18.2 Å². The molecule has 4 nitrogen and oxygen atoms in total. The van der Waals surface area contributed by atoms with E-state index in [0.29, 0.717) is 11.3 Å². The molecule has 2 aromatic rings. The van der Waals surface area contributed by atoms with Crippen molar-refractivity contribution in [3.63, 3.8) is 0 Å². The molecule has 0 amide bonds. The number of hydrogen-bond acceptors (Lipinski definition) is 4. The Bertz CT molecular complexity index is 558.